The summed E-state index contributed by atoms with van der Waals surface area (Å²) >= 11 is 2.11. The molecule has 1 heterocycles. The van der Waals surface area contributed by atoms with Gasteiger partial charge in [-0.1, -0.05) is 13.3 Å². The highest BCUT2D eigenvalue weighted by Crippen LogP contribution is 2.38. The van der Waals surface area contributed by atoms with Gasteiger partial charge in [-0.25, -0.2) is 4.98 Å². The van der Waals surface area contributed by atoms with Crippen LogP contribution in [0.2, 0.25) is 0 Å². The number of hydrogen-bond donors (Lipinski definition) is 1. The molecule has 1 aliphatic carbocycles. The van der Waals surface area contributed by atoms with Gasteiger partial charge in [0.1, 0.15) is 0 Å². The van der Waals surface area contributed by atoms with E-state index < -0.39 is 0 Å². The van der Waals surface area contributed by atoms with Crippen molar-refractivity contribution >= 4 is 11.8 Å². The fourth-order valence-corrected chi connectivity index (χ4v) is 4.01. The highest BCUT2D eigenvalue weighted by Gasteiger charge is 2.29. The lowest BCUT2D eigenvalue weighted by Crippen LogP contribution is -2.36. The van der Waals surface area contributed by atoms with Crippen molar-refractivity contribution in [2.24, 2.45) is 0 Å². The third-order valence-electron chi connectivity index (χ3n) is 3.70. The summed E-state index contributed by atoms with van der Waals surface area (Å²) in [5.74, 6) is 1.21. The van der Waals surface area contributed by atoms with Gasteiger partial charge in [0.05, 0.1) is 12.0 Å². The van der Waals surface area contributed by atoms with Gasteiger partial charge < -0.3 is 9.88 Å². The van der Waals surface area contributed by atoms with Crippen LogP contribution >= 0.6 is 11.8 Å². The van der Waals surface area contributed by atoms with Gasteiger partial charge in [0.2, 0.25) is 0 Å². The molecule has 1 aliphatic rings. The summed E-state index contributed by atoms with van der Waals surface area (Å²) in [7, 11) is 0. The number of rotatable bonds is 5. The van der Waals surface area contributed by atoms with E-state index in [4.69, 9.17) is 0 Å². The van der Waals surface area contributed by atoms with Crippen LogP contribution in [0.1, 0.15) is 58.7 Å². The zero-order valence-electron chi connectivity index (χ0n) is 12.6. The predicted octanol–water partition coefficient (Wildman–Crippen LogP) is 3.62. The molecule has 0 aliphatic heterocycles. The summed E-state index contributed by atoms with van der Waals surface area (Å²) in [4.78, 5) is 4.38. The highest BCUT2D eigenvalue weighted by atomic mass is 32.2. The van der Waals surface area contributed by atoms with Gasteiger partial charge in [-0.2, -0.15) is 11.8 Å². The maximum absolute atomic E-state index is 4.38. The van der Waals surface area contributed by atoms with Crippen LogP contribution in [0.4, 0.5) is 0 Å². The van der Waals surface area contributed by atoms with Crippen molar-refractivity contribution in [1.82, 2.24) is 14.9 Å². The Balaban J connectivity index is 2.06. The van der Waals surface area contributed by atoms with Crippen LogP contribution < -0.4 is 5.32 Å². The molecule has 4 heteroatoms. The SMILES string of the molecule is CCSC1CCCC1n1cncc1CNC(C)(C)C. The highest BCUT2D eigenvalue weighted by molar-refractivity contribution is 7.99. The minimum absolute atomic E-state index is 0.155. The molecule has 2 atom stereocenters. The summed E-state index contributed by atoms with van der Waals surface area (Å²) in [6.45, 7) is 9.79. The van der Waals surface area contributed by atoms with E-state index in [1.807, 2.05) is 12.5 Å². The van der Waals surface area contributed by atoms with Gasteiger partial charge in [0.15, 0.2) is 0 Å². The number of nitrogens with one attached hydrogen (secondary N) is 1. The number of imidazole rings is 1. The monoisotopic (exact) mass is 281 g/mol. The Morgan fingerprint density at radius 1 is 1.42 bits per heavy atom. The van der Waals surface area contributed by atoms with E-state index in [9.17, 15) is 0 Å². The summed E-state index contributed by atoms with van der Waals surface area (Å²) in [5.41, 5.74) is 1.48. The third-order valence-corrected chi connectivity index (χ3v) is 5.01. The fourth-order valence-electron chi connectivity index (χ4n) is 2.76. The zero-order chi connectivity index (χ0) is 13.9. The average molecular weight is 281 g/mol. The topological polar surface area (TPSA) is 29.9 Å². The van der Waals surface area contributed by atoms with E-state index in [-0.39, 0.29) is 5.54 Å². The molecule has 1 aromatic rings. The van der Waals surface area contributed by atoms with Crippen LogP contribution in [0.5, 0.6) is 0 Å². The maximum Gasteiger partial charge on any atom is 0.0951 e. The maximum atomic E-state index is 4.38. The molecule has 0 bridgehead atoms. The second kappa shape index (κ2) is 6.31. The van der Waals surface area contributed by atoms with E-state index in [1.54, 1.807) is 0 Å². The van der Waals surface area contributed by atoms with Crippen LogP contribution in [-0.4, -0.2) is 26.1 Å². The van der Waals surface area contributed by atoms with E-state index in [0.29, 0.717) is 6.04 Å². The smallest absolute Gasteiger partial charge is 0.0951 e. The molecule has 2 rings (SSSR count). The number of nitrogens with zero attached hydrogens (tertiary/aromatic N) is 2. The standard InChI is InChI=1S/C15H27N3S/c1-5-19-14-8-6-7-13(14)18-11-16-9-12(18)10-17-15(2,3)4/h9,11,13-14,17H,5-8,10H2,1-4H3. The Morgan fingerprint density at radius 3 is 2.89 bits per heavy atom. The molecule has 0 spiro atoms. The van der Waals surface area contributed by atoms with Crippen molar-refractivity contribution in [2.45, 2.75) is 70.3 Å². The predicted molar refractivity (Wildman–Crippen MR) is 83.6 cm³/mol. The molecule has 0 amide bonds. The van der Waals surface area contributed by atoms with Gasteiger partial charge in [-0.15, -0.1) is 0 Å². The van der Waals surface area contributed by atoms with Crippen LogP contribution in [-0.2, 0) is 6.54 Å². The largest absolute Gasteiger partial charge is 0.329 e. The molecule has 1 fully saturated rings. The van der Waals surface area contributed by atoms with E-state index in [0.717, 1.165) is 11.8 Å². The molecule has 0 aromatic carbocycles. The minimum atomic E-state index is 0.155. The molecular formula is C15H27N3S. The first-order chi connectivity index (χ1) is 9.01. The molecule has 3 nitrogen and oxygen atoms in total. The number of thioether (sulfide) groups is 1. The first-order valence-corrected chi connectivity index (χ1v) is 8.43. The quantitative estimate of drug-likeness (QED) is 0.894. The lowest BCUT2D eigenvalue weighted by molar-refractivity contribution is 0.407. The van der Waals surface area contributed by atoms with Crippen molar-refractivity contribution in [3.63, 3.8) is 0 Å². The van der Waals surface area contributed by atoms with E-state index in [2.05, 4.69) is 54.3 Å². The Hall–Kier alpha value is -0.480. The van der Waals surface area contributed by atoms with Crippen LogP contribution in [0.15, 0.2) is 12.5 Å². The molecule has 1 aromatic heterocycles. The summed E-state index contributed by atoms with van der Waals surface area (Å²) in [6.07, 6.45) is 8.06. The van der Waals surface area contributed by atoms with Crippen molar-refractivity contribution in [2.75, 3.05) is 5.75 Å². The van der Waals surface area contributed by atoms with Crippen molar-refractivity contribution < 1.29 is 0 Å². The Morgan fingerprint density at radius 2 is 2.21 bits per heavy atom. The fraction of sp³-hybridized carbons (Fsp3) is 0.800. The van der Waals surface area contributed by atoms with Gasteiger partial charge in [0.25, 0.3) is 0 Å². The van der Waals surface area contributed by atoms with Crippen LogP contribution in [0.25, 0.3) is 0 Å². The first-order valence-electron chi connectivity index (χ1n) is 7.38. The number of hydrogen-bond acceptors (Lipinski definition) is 3. The molecule has 2 unspecified atom stereocenters. The summed E-state index contributed by atoms with van der Waals surface area (Å²) in [6, 6.07) is 0.643. The van der Waals surface area contributed by atoms with Crippen LogP contribution in [0, 0.1) is 0 Å². The lowest BCUT2D eigenvalue weighted by Gasteiger charge is -2.25. The molecular weight excluding hydrogens is 254 g/mol. The Labute approximate surface area is 121 Å². The number of aromatic nitrogens is 2. The summed E-state index contributed by atoms with van der Waals surface area (Å²) < 4.78 is 2.42. The van der Waals surface area contributed by atoms with E-state index in [1.165, 1.54) is 30.7 Å². The second-order valence-corrected chi connectivity index (χ2v) is 7.90. The lowest BCUT2D eigenvalue weighted by atomic mass is 10.1. The normalized spacial score (nSPS) is 24.0. The molecule has 108 valence electrons. The van der Waals surface area contributed by atoms with Crippen molar-refractivity contribution in [1.29, 1.82) is 0 Å². The molecule has 19 heavy (non-hydrogen) atoms. The third kappa shape index (κ3) is 3.99. The molecule has 1 saturated carbocycles. The van der Waals surface area contributed by atoms with Crippen molar-refractivity contribution in [3.05, 3.63) is 18.2 Å². The average Bonchev–Trinajstić information content (AvgIpc) is 2.93. The van der Waals surface area contributed by atoms with Gasteiger partial charge in [-0.3, -0.25) is 0 Å². The van der Waals surface area contributed by atoms with Gasteiger partial charge >= 0.3 is 0 Å². The van der Waals surface area contributed by atoms with Crippen molar-refractivity contribution in [3.8, 4) is 0 Å². The Bertz CT molecular complexity index is 394. The zero-order valence-corrected chi connectivity index (χ0v) is 13.5. The molecule has 1 N–H and O–H groups in total. The minimum Gasteiger partial charge on any atom is -0.329 e. The molecule has 0 radical (unpaired) electrons. The Kier molecular flexibility index (Phi) is 4.96. The first kappa shape index (κ1) is 14.9. The van der Waals surface area contributed by atoms with Crippen LogP contribution in [0.3, 0.4) is 0 Å². The van der Waals surface area contributed by atoms with Gasteiger partial charge in [-0.05, 0) is 39.4 Å². The summed E-state index contributed by atoms with van der Waals surface area (Å²) in [5, 5.41) is 4.34. The van der Waals surface area contributed by atoms with E-state index >= 15 is 0 Å². The second-order valence-electron chi connectivity index (χ2n) is 6.39. The van der Waals surface area contributed by atoms with Gasteiger partial charge in [0, 0.05) is 29.6 Å². The molecule has 0 saturated heterocycles.